The van der Waals surface area contributed by atoms with Gasteiger partial charge >= 0.3 is 0 Å². The largest absolute Gasteiger partial charge is 0.494 e. The molecule has 114 valence electrons. The molecule has 0 spiro atoms. The average Bonchev–Trinajstić information content (AvgIpc) is 2.36. The third-order valence-electron chi connectivity index (χ3n) is 3.39. The van der Waals surface area contributed by atoms with Crippen molar-refractivity contribution in [1.29, 1.82) is 0 Å². The first-order valence-corrected chi connectivity index (χ1v) is 7.59. The summed E-state index contributed by atoms with van der Waals surface area (Å²) in [6.45, 7) is 11.6. The van der Waals surface area contributed by atoms with Gasteiger partial charge in [-0.15, -0.1) is 0 Å². The quantitative estimate of drug-likeness (QED) is 0.705. The first-order valence-electron chi connectivity index (χ1n) is 7.59. The second-order valence-electron chi connectivity index (χ2n) is 5.73. The molecule has 0 aliphatic heterocycles. The molecule has 0 saturated heterocycles. The molecule has 1 aromatic rings. The van der Waals surface area contributed by atoms with Crippen molar-refractivity contribution in [2.75, 3.05) is 26.3 Å². The maximum absolute atomic E-state index is 8.92. The maximum atomic E-state index is 8.92. The number of aliphatic hydroxyl groups is 1. The van der Waals surface area contributed by atoms with Crippen LogP contribution in [0, 0.1) is 13.8 Å². The fourth-order valence-corrected chi connectivity index (χ4v) is 2.38. The molecule has 1 aromatic carbocycles. The van der Waals surface area contributed by atoms with Crippen molar-refractivity contribution in [2.45, 2.75) is 46.6 Å². The minimum absolute atomic E-state index is 0.266. The fourth-order valence-electron chi connectivity index (χ4n) is 2.38. The van der Waals surface area contributed by atoms with Gasteiger partial charge < -0.3 is 14.7 Å². The maximum Gasteiger partial charge on any atom is 0.119 e. The molecule has 0 amide bonds. The SMILES string of the molecule is Cc1cc(C)cc(OCCCN(CCCO)C(C)C)c1. The van der Waals surface area contributed by atoms with E-state index in [9.17, 15) is 0 Å². The molecule has 0 aliphatic rings. The lowest BCUT2D eigenvalue weighted by Gasteiger charge is -2.26. The Morgan fingerprint density at radius 2 is 1.65 bits per heavy atom. The summed E-state index contributed by atoms with van der Waals surface area (Å²) < 4.78 is 5.83. The van der Waals surface area contributed by atoms with Crippen LogP contribution in [0.5, 0.6) is 5.75 Å². The predicted molar refractivity (Wildman–Crippen MR) is 84.4 cm³/mol. The van der Waals surface area contributed by atoms with Crippen LogP contribution in [-0.2, 0) is 0 Å². The molecule has 3 nitrogen and oxygen atoms in total. The minimum Gasteiger partial charge on any atom is -0.494 e. The average molecular weight is 279 g/mol. The number of hydrogen-bond donors (Lipinski definition) is 1. The van der Waals surface area contributed by atoms with E-state index in [4.69, 9.17) is 9.84 Å². The van der Waals surface area contributed by atoms with E-state index in [0.717, 1.165) is 38.3 Å². The van der Waals surface area contributed by atoms with Gasteiger partial charge in [0.15, 0.2) is 0 Å². The molecular formula is C17H29NO2. The normalized spacial score (nSPS) is 11.3. The molecule has 0 bridgehead atoms. The van der Waals surface area contributed by atoms with E-state index in [0.29, 0.717) is 6.04 Å². The molecule has 0 heterocycles. The first kappa shape index (κ1) is 17.0. The van der Waals surface area contributed by atoms with Gasteiger partial charge in [-0.05, 0) is 63.8 Å². The molecule has 0 atom stereocenters. The first-order chi connectivity index (χ1) is 9.52. The molecule has 0 fully saturated rings. The van der Waals surface area contributed by atoms with Crippen LogP contribution < -0.4 is 4.74 Å². The van der Waals surface area contributed by atoms with E-state index in [1.165, 1.54) is 11.1 Å². The Labute approximate surface area is 123 Å². The van der Waals surface area contributed by atoms with Crippen molar-refractivity contribution in [1.82, 2.24) is 4.90 Å². The number of aryl methyl sites for hydroxylation is 2. The number of aliphatic hydroxyl groups excluding tert-OH is 1. The van der Waals surface area contributed by atoms with Gasteiger partial charge in [0.2, 0.25) is 0 Å². The molecule has 20 heavy (non-hydrogen) atoms. The number of benzene rings is 1. The molecule has 0 saturated carbocycles. The number of hydrogen-bond acceptors (Lipinski definition) is 3. The highest BCUT2D eigenvalue weighted by Gasteiger charge is 2.08. The minimum atomic E-state index is 0.266. The highest BCUT2D eigenvalue weighted by atomic mass is 16.5. The molecule has 1 N–H and O–H groups in total. The summed E-state index contributed by atoms with van der Waals surface area (Å²) in [5, 5.41) is 8.92. The zero-order chi connectivity index (χ0) is 15.0. The topological polar surface area (TPSA) is 32.7 Å². The van der Waals surface area contributed by atoms with E-state index in [2.05, 4.69) is 50.8 Å². The Kier molecular flexibility index (Phi) is 7.63. The van der Waals surface area contributed by atoms with Crippen LogP contribution in [0.3, 0.4) is 0 Å². The van der Waals surface area contributed by atoms with Crippen molar-refractivity contribution in [2.24, 2.45) is 0 Å². The van der Waals surface area contributed by atoms with E-state index in [1.807, 2.05) is 0 Å². The Hall–Kier alpha value is -1.06. The Morgan fingerprint density at radius 3 is 2.20 bits per heavy atom. The van der Waals surface area contributed by atoms with Crippen LogP contribution in [0.4, 0.5) is 0 Å². The highest BCUT2D eigenvalue weighted by Crippen LogP contribution is 2.16. The molecule has 0 radical (unpaired) electrons. The van der Waals surface area contributed by atoms with Crippen LogP contribution in [0.25, 0.3) is 0 Å². The van der Waals surface area contributed by atoms with Crippen molar-refractivity contribution >= 4 is 0 Å². The van der Waals surface area contributed by atoms with Crippen LogP contribution in [0.1, 0.15) is 37.8 Å². The van der Waals surface area contributed by atoms with E-state index in [-0.39, 0.29) is 6.61 Å². The second-order valence-corrected chi connectivity index (χ2v) is 5.73. The second kappa shape index (κ2) is 8.98. The summed E-state index contributed by atoms with van der Waals surface area (Å²) in [6, 6.07) is 6.84. The van der Waals surface area contributed by atoms with Crippen LogP contribution >= 0.6 is 0 Å². The van der Waals surface area contributed by atoms with Gasteiger partial charge in [-0.2, -0.15) is 0 Å². The number of rotatable bonds is 9. The molecule has 1 rings (SSSR count). The lowest BCUT2D eigenvalue weighted by molar-refractivity contribution is 0.177. The Bertz CT molecular complexity index is 370. The standard InChI is InChI=1S/C17H29NO2/c1-14(2)18(7-5-9-19)8-6-10-20-17-12-15(3)11-16(4)13-17/h11-14,19H,5-10H2,1-4H3. The van der Waals surface area contributed by atoms with Gasteiger partial charge in [-0.25, -0.2) is 0 Å². The van der Waals surface area contributed by atoms with Crippen molar-refractivity contribution in [3.63, 3.8) is 0 Å². The zero-order valence-corrected chi connectivity index (χ0v) is 13.4. The lowest BCUT2D eigenvalue weighted by atomic mass is 10.1. The van der Waals surface area contributed by atoms with Gasteiger partial charge in [-0.1, -0.05) is 6.07 Å². The molecule has 0 aromatic heterocycles. The monoisotopic (exact) mass is 279 g/mol. The van der Waals surface area contributed by atoms with Gasteiger partial charge in [0.25, 0.3) is 0 Å². The van der Waals surface area contributed by atoms with Crippen molar-refractivity contribution < 1.29 is 9.84 Å². The fraction of sp³-hybridized carbons (Fsp3) is 0.647. The zero-order valence-electron chi connectivity index (χ0n) is 13.4. The lowest BCUT2D eigenvalue weighted by Crippen LogP contribution is -2.33. The van der Waals surface area contributed by atoms with Gasteiger partial charge in [-0.3, -0.25) is 0 Å². The number of ether oxygens (including phenoxy) is 1. The third kappa shape index (κ3) is 6.40. The van der Waals surface area contributed by atoms with Gasteiger partial charge in [0.1, 0.15) is 5.75 Å². The molecule has 3 heteroatoms. The van der Waals surface area contributed by atoms with Gasteiger partial charge in [0.05, 0.1) is 6.61 Å². The smallest absolute Gasteiger partial charge is 0.119 e. The molecule has 0 unspecified atom stereocenters. The summed E-state index contributed by atoms with van der Waals surface area (Å²) in [5.41, 5.74) is 2.48. The van der Waals surface area contributed by atoms with Crippen molar-refractivity contribution in [3.05, 3.63) is 29.3 Å². The Morgan fingerprint density at radius 1 is 1.05 bits per heavy atom. The number of nitrogens with zero attached hydrogens (tertiary/aromatic N) is 1. The Balaban J connectivity index is 2.32. The molecular weight excluding hydrogens is 250 g/mol. The third-order valence-corrected chi connectivity index (χ3v) is 3.39. The van der Waals surface area contributed by atoms with E-state index >= 15 is 0 Å². The summed E-state index contributed by atoms with van der Waals surface area (Å²) in [7, 11) is 0. The van der Waals surface area contributed by atoms with Crippen LogP contribution in [0.15, 0.2) is 18.2 Å². The van der Waals surface area contributed by atoms with Crippen LogP contribution in [0.2, 0.25) is 0 Å². The summed E-state index contributed by atoms with van der Waals surface area (Å²) >= 11 is 0. The van der Waals surface area contributed by atoms with Crippen molar-refractivity contribution in [3.8, 4) is 5.75 Å². The van der Waals surface area contributed by atoms with E-state index < -0.39 is 0 Å². The highest BCUT2D eigenvalue weighted by molar-refractivity contribution is 5.32. The molecule has 0 aliphatic carbocycles. The predicted octanol–water partition coefficient (Wildman–Crippen LogP) is 3.17. The van der Waals surface area contributed by atoms with Gasteiger partial charge in [0, 0.05) is 25.7 Å². The van der Waals surface area contributed by atoms with E-state index in [1.54, 1.807) is 0 Å². The summed E-state index contributed by atoms with van der Waals surface area (Å²) in [6.07, 6.45) is 1.85. The van der Waals surface area contributed by atoms with Crippen LogP contribution in [-0.4, -0.2) is 42.4 Å². The summed E-state index contributed by atoms with van der Waals surface area (Å²) in [5.74, 6) is 0.967. The summed E-state index contributed by atoms with van der Waals surface area (Å²) in [4.78, 5) is 2.39.